The van der Waals surface area contributed by atoms with E-state index in [0.29, 0.717) is 11.6 Å². The van der Waals surface area contributed by atoms with Gasteiger partial charge in [-0.1, -0.05) is 29.8 Å². The highest BCUT2D eigenvalue weighted by molar-refractivity contribution is 6.30. The monoisotopic (exact) mass is 289 g/mol. The van der Waals surface area contributed by atoms with Crippen molar-refractivity contribution in [3.63, 3.8) is 0 Å². The van der Waals surface area contributed by atoms with Crippen molar-refractivity contribution >= 4 is 11.6 Å². The zero-order valence-corrected chi connectivity index (χ0v) is 11.9. The number of ether oxygens (including phenoxy) is 2. The molecule has 2 aromatic rings. The smallest absolute Gasteiger partial charge is 0.152 e. The van der Waals surface area contributed by atoms with Gasteiger partial charge in [-0.2, -0.15) is 0 Å². The van der Waals surface area contributed by atoms with Crippen molar-refractivity contribution in [3.05, 3.63) is 59.1 Å². The summed E-state index contributed by atoms with van der Waals surface area (Å²) in [5.74, 6) is 1.71. The molecular formula is C16H16ClNO2. The van der Waals surface area contributed by atoms with Crippen LogP contribution in [0.15, 0.2) is 48.5 Å². The van der Waals surface area contributed by atoms with Gasteiger partial charge in [0.05, 0.1) is 6.04 Å². The van der Waals surface area contributed by atoms with Crippen LogP contribution >= 0.6 is 11.6 Å². The molecule has 0 spiro atoms. The minimum Gasteiger partial charge on any atom is -0.489 e. The molecule has 3 nitrogen and oxygen atoms in total. The Labute approximate surface area is 123 Å². The lowest BCUT2D eigenvalue weighted by Crippen LogP contribution is -2.41. The molecule has 20 heavy (non-hydrogen) atoms. The van der Waals surface area contributed by atoms with Gasteiger partial charge in [-0.05, 0) is 37.4 Å². The molecule has 0 saturated carbocycles. The molecule has 3 rings (SSSR count). The first-order valence-corrected chi connectivity index (χ1v) is 6.97. The van der Waals surface area contributed by atoms with E-state index in [2.05, 4.69) is 11.4 Å². The molecule has 0 radical (unpaired) electrons. The Morgan fingerprint density at radius 2 is 1.90 bits per heavy atom. The topological polar surface area (TPSA) is 30.5 Å². The average Bonchev–Trinajstić information content (AvgIpc) is 2.49. The fourth-order valence-corrected chi connectivity index (χ4v) is 2.59. The van der Waals surface area contributed by atoms with Crippen LogP contribution in [0, 0.1) is 0 Å². The van der Waals surface area contributed by atoms with Gasteiger partial charge in [-0.15, -0.1) is 0 Å². The predicted molar refractivity (Wildman–Crippen MR) is 79.6 cm³/mol. The van der Waals surface area contributed by atoms with Gasteiger partial charge >= 0.3 is 0 Å². The Hall–Kier alpha value is -1.71. The zero-order valence-electron chi connectivity index (χ0n) is 11.2. The average molecular weight is 290 g/mol. The van der Waals surface area contributed by atoms with Crippen molar-refractivity contribution in [2.75, 3.05) is 13.7 Å². The second-order valence-electron chi connectivity index (χ2n) is 4.73. The molecule has 1 aliphatic heterocycles. The van der Waals surface area contributed by atoms with E-state index in [1.165, 1.54) is 0 Å². The number of hydrogen-bond acceptors (Lipinski definition) is 3. The highest BCUT2D eigenvalue weighted by atomic mass is 35.5. The van der Waals surface area contributed by atoms with Crippen LogP contribution in [0.4, 0.5) is 0 Å². The highest BCUT2D eigenvalue weighted by Crippen LogP contribution is 2.33. The second kappa shape index (κ2) is 5.73. The van der Waals surface area contributed by atoms with Gasteiger partial charge in [-0.3, -0.25) is 0 Å². The summed E-state index contributed by atoms with van der Waals surface area (Å²) in [7, 11) is 1.94. The standard InChI is InChI=1S/C16H16ClNO2/c1-18-16-13-4-2-3-5-14(13)19-10-15(16)20-12-8-6-11(17)7-9-12/h2-9,15-16,18H,10H2,1H3. The lowest BCUT2D eigenvalue weighted by atomic mass is 9.98. The van der Waals surface area contributed by atoms with Crippen LogP contribution in [0.25, 0.3) is 0 Å². The molecule has 1 aliphatic rings. The minimum atomic E-state index is -0.0731. The molecule has 2 atom stereocenters. The molecule has 0 amide bonds. The second-order valence-corrected chi connectivity index (χ2v) is 5.16. The minimum absolute atomic E-state index is 0.0731. The molecule has 1 heterocycles. The van der Waals surface area contributed by atoms with Crippen LogP contribution in [0.5, 0.6) is 11.5 Å². The van der Waals surface area contributed by atoms with Gasteiger partial charge < -0.3 is 14.8 Å². The van der Waals surface area contributed by atoms with Crippen LogP contribution in [-0.4, -0.2) is 19.8 Å². The van der Waals surface area contributed by atoms with Crippen molar-refractivity contribution < 1.29 is 9.47 Å². The van der Waals surface area contributed by atoms with Crippen molar-refractivity contribution in [2.45, 2.75) is 12.1 Å². The number of hydrogen-bond donors (Lipinski definition) is 1. The maximum absolute atomic E-state index is 6.02. The summed E-state index contributed by atoms with van der Waals surface area (Å²) in [4.78, 5) is 0. The van der Waals surface area contributed by atoms with E-state index in [1.807, 2.05) is 49.5 Å². The molecule has 4 heteroatoms. The van der Waals surface area contributed by atoms with Crippen LogP contribution in [0.1, 0.15) is 11.6 Å². The van der Waals surface area contributed by atoms with Gasteiger partial charge in [0, 0.05) is 10.6 Å². The van der Waals surface area contributed by atoms with Crippen molar-refractivity contribution in [2.24, 2.45) is 0 Å². The Bertz CT molecular complexity index is 585. The summed E-state index contributed by atoms with van der Waals surface area (Å²) in [6.07, 6.45) is -0.0731. The summed E-state index contributed by atoms with van der Waals surface area (Å²) >= 11 is 5.88. The molecule has 1 N–H and O–H groups in total. The summed E-state index contributed by atoms with van der Waals surface area (Å²) in [5.41, 5.74) is 1.13. The van der Waals surface area contributed by atoms with Gasteiger partial charge in [0.1, 0.15) is 18.1 Å². The van der Waals surface area contributed by atoms with Crippen LogP contribution in [0.3, 0.4) is 0 Å². The maximum Gasteiger partial charge on any atom is 0.152 e. The van der Waals surface area contributed by atoms with Crippen molar-refractivity contribution in [1.29, 1.82) is 0 Å². The van der Waals surface area contributed by atoms with E-state index in [-0.39, 0.29) is 12.1 Å². The van der Waals surface area contributed by atoms with Gasteiger partial charge in [0.2, 0.25) is 0 Å². The molecule has 0 aliphatic carbocycles. The molecule has 2 aromatic carbocycles. The molecule has 0 saturated heterocycles. The largest absolute Gasteiger partial charge is 0.489 e. The Morgan fingerprint density at radius 1 is 1.15 bits per heavy atom. The third-order valence-electron chi connectivity index (χ3n) is 3.44. The van der Waals surface area contributed by atoms with Gasteiger partial charge in [0.15, 0.2) is 6.10 Å². The number of rotatable bonds is 3. The normalized spacial score (nSPS) is 20.9. The molecule has 0 bridgehead atoms. The summed E-state index contributed by atoms with van der Waals surface area (Å²) in [6, 6.07) is 15.5. The zero-order chi connectivity index (χ0) is 13.9. The van der Waals surface area contributed by atoms with Gasteiger partial charge in [0.25, 0.3) is 0 Å². The van der Waals surface area contributed by atoms with Crippen LogP contribution in [0.2, 0.25) is 5.02 Å². The molecule has 2 unspecified atom stereocenters. The van der Waals surface area contributed by atoms with Crippen molar-refractivity contribution in [1.82, 2.24) is 5.32 Å². The van der Waals surface area contributed by atoms with E-state index < -0.39 is 0 Å². The maximum atomic E-state index is 6.02. The lowest BCUT2D eigenvalue weighted by Gasteiger charge is -2.33. The third kappa shape index (κ3) is 2.60. The van der Waals surface area contributed by atoms with Crippen LogP contribution in [-0.2, 0) is 0 Å². The number of nitrogens with one attached hydrogen (secondary N) is 1. The van der Waals surface area contributed by atoms with Crippen molar-refractivity contribution in [3.8, 4) is 11.5 Å². The number of benzene rings is 2. The van der Waals surface area contributed by atoms with E-state index in [9.17, 15) is 0 Å². The fourth-order valence-electron chi connectivity index (χ4n) is 2.47. The third-order valence-corrected chi connectivity index (χ3v) is 3.69. The molecule has 0 fully saturated rings. The van der Waals surface area contributed by atoms with E-state index in [0.717, 1.165) is 17.1 Å². The first-order valence-electron chi connectivity index (χ1n) is 6.59. The van der Waals surface area contributed by atoms with E-state index in [4.69, 9.17) is 21.1 Å². The Morgan fingerprint density at radius 3 is 2.65 bits per heavy atom. The highest BCUT2D eigenvalue weighted by Gasteiger charge is 2.31. The van der Waals surface area contributed by atoms with E-state index >= 15 is 0 Å². The summed E-state index contributed by atoms with van der Waals surface area (Å²) in [5, 5.41) is 4.01. The molecule has 104 valence electrons. The van der Waals surface area contributed by atoms with E-state index in [1.54, 1.807) is 0 Å². The lowest BCUT2D eigenvalue weighted by molar-refractivity contribution is 0.0774. The first-order chi connectivity index (χ1) is 9.78. The Kier molecular flexibility index (Phi) is 3.81. The van der Waals surface area contributed by atoms with Gasteiger partial charge in [-0.25, -0.2) is 0 Å². The number of fused-ring (bicyclic) bond motifs is 1. The number of para-hydroxylation sites is 1. The molecule has 0 aromatic heterocycles. The predicted octanol–water partition coefficient (Wildman–Crippen LogP) is 3.44. The summed E-state index contributed by atoms with van der Waals surface area (Å²) < 4.78 is 11.8. The SMILES string of the molecule is CNC1c2ccccc2OCC1Oc1ccc(Cl)cc1. The number of likely N-dealkylation sites (N-methyl/N-ethyl adjacent to an activating group) is 1. The Balaban J connectivity index is 1.82. The first kappa shape index (κ1) is 13.3. The molecular weight excluding hydrogens is 274 g/mol. The number of halogens is 1. The fraction of sp³-hybridized carbons (Fsp3) is 0.250. The summed E-state index contributed by atoms with van der Waals surface area (Å²) in [6.45, 7) is 0.519. The van der Waals surface area contributed by atoms with Crippen LogP contribution < -0.4 is 14.8 Å². The quantitative estimate of drug-likeness (QED) is 0.939.